The molecule has 8 heteroatoms. The molecule has 1 atom stereocenters. The molecule has 1 aromatic heterocycles. The number of benzene rings is 1. The smallest absolute Gasteiger partial charge is 0.341 e. The quantitative estimate of drug-likeness (QED) is 0.606. The number of amides is 1. The van der Waals surface area contributed by atoms with E-state index in [1.54, 1.807) is 29.2 Å². The zero-order chi connectivity index (χ0) is 17.9. The van der Waals surface area contributed by atoms with Crippen molar-refractivity contribution in [2.75, 3.05) is 13.1 Å². The number of hydrogen-bond donors (Lipinski definition) is 0. The molecule has 3 rings (SSSR count). The molecule has 0 spiro atoms. The molecular weight excluding hydrogens is 351 g/mol. The molecule has 0 saturated carbocycles. The Morgan fingerprint density at radius 2 is 1.80 bits per heavy atom. The minimum absolute atomic E-state index is 0.0591. The molecule has 2 aromatic rings. The number of aromatic nitrogens is 2. The lowest BCUT2D eigenvalue weighted by atomic mass is 10.1. The monoisotopic (exact) mass is 367 g/mol. The summed E-state index contributed by atoms with van der Waals surface area (Å²) in [6, 6.07) is 9.83. The highest BCUT2D eigenvalue weighted by Crippen LogP contribution is 2.37. The van der Waals surface area contributed by atoms with Gasteiger partial charge >= 0.3 is 6.18 Å². The molecule has 0 radical (unpaired) electrons. The summed E-state index contributed by atoms with van der Waals surface area (Å²) in [6.07, 6.45) is -1.59. The van der Waals surface area contributed by atoms with Gasteiger partial charge in [0, 0.05) is 19.3 Å². The second-order valence-electron chi connectivity index (χ2n) is 5.66. The topological polar surface area (TPSA) is 46.1 Å². The van der Waals surface area contributed by atoms with E-state index in [0.717, 1.165) is 42.4 Å². The maximum Gasteiger partial charge on any atom is 0.433 e. The van der Waals surface area contributed by atoms with Gasteiger partial charge in [0.2, 0.25) is 5.91 Å². The Kier molecular flexibility index (Phi) is 5.27. The van der Waals surface area contributed by atoms with E-state index in [1.807, 2.05) is 6.07 Å². The normalized spacial score (nSPS) is 16.0. The number of halogens is 3. The summed E-state index contributed by atoms with van der Waals surface area (Å²) in [5.41, 5.74) is -0.282. The average molecular weight is 367 g/mol. The fourth-order valence-electron chi connectivity index (χ4n) is 2.65. The first-order valence-electron chi connectivity index (χ1n) is 7.86. The molecule has 2 heterocycles. The first-order chi connectivity index (χ1) is 11.9. The van der Waals surface area contributed by atoms with Gasteiger partial charge in [0.1, 0.15) is 10.9 Å². The summed E-state index contributed by atoms with van der Waals surface area (Å²) in [5.74, 6) is -0.116. The van der Waals surface area contributed by atoms with Crippen LogP contribution in [0.15, 0.2) is 47.8 Å². The van der Waals surface area contributed by atoms with Gasteiger partial charge in [-0.1, -0.05) is 42.1 Å². The van der Waals surface area contributed by atoms with Gasteiger partial charge < -0.3 is 4.90 Å². The SMILES string of the molecule is O=C(C(Sc1nccc(C(F)(F)F)n1)c1ccccc1)N1CCCC1. The minimum Gasteiger partial charge on any atom is -0.341 e. The number of carbonyl (C=O) groups is 1. The van der Waals surface area contributed by atoms with Gasteiger partial charge in [-0.05, 0) is 24.5 Å². The zero-order valence-electron chi connectivity index (χ0n) is 13.2. The van der Waals surface area contributed by atoms with Gasteiger partial charge in [-0.2, -0.15) is 13.2 Å². The standard InChI is InChI=1S/C17H16F3N3OS/c18-17(19,20)13-8-9-21-16(22-13)25-14(12-6-2-1-3-7-12)15(24)23-10-4-5-11-23/h1-3,6-9,14H,4-5,10-11H2. The number of carbonyl (C=O) groups excluding carboxylic acids is 1. The van der Waals surface area contributed by atoms with Crippen molar-refractivity contribution in [3.63, 3.8) is 0 Å². The zero-order valence-corrected chi connectivity index (χ0v) is 14.1. The van der Waals surface area contributed by atoms with Crippen LogP contribution in [0, 0.1) is 0 Å². The summed E-state index contributed by atoms with van der Waals surface area (Å²) in [6.45, 7) is 1.35. The van der Waals surface area contributed by atoms with E-state index in [-0.39, 0.29) is 11.1 Å². The molecule has 132 valence electrons. The van der Waals surface area contributed by atoms with E-state index in [1.165, 1.54) is 0 Å². The second kappa shape index (κ2) is 7.43. The summed E-state index contributed by atoms with van der Waals surface area (Å²) < 4.78 is 38.6. The molecule has 1 aliphatic rings. The summed E-state index contributed by atoms with van der Waals surface area (Å²) in [5, 5.41) is -0.723. The lowest BCUT2D eigenvalue weighted by molar-refractivity contribution is -0.141. The first-order valence-corrected chi connectivity index (χ1v) is 8.74. The Morgan fingerprint density at radius 3 is 2.44 bits per heavy atom. The maximum atomic E-state index is 12.9. The van der Waals surface area contributed by atoms with Crippen LogP contribution in [0.1, 0.15) is 29.3 Å². The van der Waals surface area contributed by atoms with Crippen molar-refractivity contribution in [2.45, 2.75) is 29.4 Å². The predicted molar refractivity (Wildman–Crippen MR) is 87.9 cm³/mol. The number of rotatable bonds is 4. The third-order valence-corrected chi connectivity index (χ3v) is 5.01. The van der Waals surface area contributed by atoms with Crippen molar-refractivity contribution in [1.82, 2.24) is 14.9 Å². The van der Waals surface area contributed by atoms with Crippen molar-refractivity contribution in [2.24, 2.45) is 0 Å². The number of likely N-dealkylation sites (tertiary alicyclic amines) is 1. The van der Waals surface area contributed by atoms with Crippen LogP contribution in [0.25, 0.3) is 0 Å². The lowest BCUT2D eigenvalue weighted by Crippen LogP contribution is -2.31. The van der Waals surface area contributed by atoms with Crippen LogP contribution in [0.2, 0.25) is 0 Å². The molecule has 4 nitrogen and oxygen atoms in total. The van der Waals surface area contributed by atoms with Crippen molar-refractivity contribution in [3.8, 4) is 0 Å². The molecule has 1 saturated heterocycles. The molecular formula is C17H16F3N3OS. The molecule has 0 N–H and O–H groups in total. The lowest BCUT2D eigenvalue weighted by Gasteiger charge is -2.22. The molecule has 0 bridgehead atoms. The Balaban J connectivity index is 1.89. The highest BCUT2D eigenvalue weighted by atomic mass is 32.2. The number of nitrogens with zero attached hydrogens (tertiary/aromatic N) is 3. The van der Waals surface area contributed by atoms with Gasteiger partial charge in [0.05, 0.1) is 0 Å². The largest absolute Gasteiger partial charge is 0.433 e. The highest BCUT2D eigenvalue weighted by molar-refractivity contribution is 8.00. The van der Waals surface area contributed by atoms with Crippen LogP contribution >= 0.6 is 11.8 Å². The number of thioether (sulfide) groups is 1. The minimum atomic E-state index is -4.54. The van der Waals surface area contributed by atoms with Crippen molar-refractivity contribution in [3.05, 3.63) is 53.9 Å². The van der Waals surface area contributed by atoms with Crippen LogP contribution in [-0.4, -0.2) is 33.9 Å². The van der Waals surface area contributed by atoms with E-state index < -0.39 is 17.1 Å². The van der Waals surface area contributed by atoms with E-state index in [0.29, 0.717) is 13.1 Å². The van der Waals surface area contributed by atoms with Crippen molar-refractivity contribution >= 4 is 17.7 Å². The first kappa shape index (κ1) is 17.7. The third-order valence-electron chi connectivity index (χ3n) is 3.89. The third kappa shape index (κ3) is 4.31. The van der Waals surface area contributed by atoms with Gasteiger partial charge in [-0.15, -0.1) is 0 Å². The average Bonchev–Trinajstić information content (AvgIpc) is 3.14. The molecule has 1 aliphatic heterocycles. The Bertz CT molecular complexity index is 733. The number of alkyl halides is 3. The van der Waals surface area contributed by atoms with E-state index in [9.17, 15) is 18.0 Å². The highest BCUT2D eigenvalue weighted by Gasteiger charge is 2.34. The van der Waals surface area contributed by atoms with Crippen molar-refractivity contribution < 1.29 is 18.0 Å². The van der Waals surface area contributed by atoms with E-state index in [2.05, 4.69) is 9.97 Å². The predicted octanol–water partition coefficient (Wildman–Crippen LogP) is 3.95. The molecule has 0 aliphatic carbocycles. The van der Waals surface area contributed by atoms with E-state index >= 15 is 0 Å². The summed E-state index contributed by atoms with van der Waals surface area (Å²) >= 11 is 0.954. The number of hydrogen-bond acceptors (Lipinski definition) is 4. The summed E-state index contributed by atoms with van der Waals surface area (Å²) in [4.78, 5) is 22.1. The fraction of sp³-hybridized carbons (Fsp3) is 0.353. The van der Waals surface area contributed by atoms with Crippen LogP contribution in [0.3, 0.4) is 0 Å². The fourth-order valence-corrected chi connectivity index (χ4v) is 3.68. The summed E-state index contributed by atoms with van der Waals surface area (Å²) in [7, 11) is 0. The Morgan fingerprint density at radius 1 is 1.12 bits per heavy atom. The van der Waals surface area contributed by atoms with Gasteiger partial charge in [0.25, 0.3) is 0 Å². The Hall–Kier alpha value is -2.09. The molecule has 25 heavy (non-hydrogen) atoms. The Labute approximate surface area is 147 Å². The van der Waals surface area contributed by atoms with Crippen LogP contribution in [-0.2, 0) is 11.0 Å². The molecule has 1 fully saturated rings. The van der Waals surface area contributed by atoms with Crippen LogP contribution < -0.4 is 0 Å². The van der Waals surface area contributed by atoms with Crippen LogP contribution in [0.4, 0.5) is 13.2 Å². The van der Waals surface area contributed by atoms with Crippen molar-refractivity contribution in [1.29, 1.82) is 0 Å². The van der Waals surface area contributed by atoms with Gasteiger partial charge in [-0.25, -0.2) is 9.97 Å². The van der Waals surface area contributed by atoms with Gasteiger partial charge in [-0.3, -0.25) is 4.79 Å². The van der Waals surface area contributed by atoms with E-state index in [4.69, 9.17) is 0 Å². The molecule has 1 aromatic carbocycles. The van der Waals surface area contributed by atoms with Crippen LogP contribution in [0.5, 0.6) is 0 Å². The maximum absolute atomic E-state index is 12.9. The van der Waals surface area contributed by atoms with Gasteiger partial charge in [0.15, 0.2) is 5.16 Å². The second-order valence-corrected chi connectivity index (χ2v) is 6.74. The molecule has 1 amide bonds. The molecule has 1 unspecified atom stereocenters.